The minimum Gasteiger partial charge on any atom is -0.359 e. The Bertz CT molecular complexity index is 664. The van der Waals surface area contributed by atoms with Crippen LogP contribution in [-0.2, 0) is 0 Å². The highest BCUT2D eigenvalue weighted by molar-refractivity contribution is 5.82. The molecule has 2 aromatic carbocycles. The lowest BCUT2D eigenvalue weighted by atomic mass is 10.2. The molecule has 0 spiro atoms. The normalized spacial score (nSPS) is 12.4. The van der Waals surface area contributed by atoms with Gasteiger partial charge in [0.05, 0.1) is 5.69 Å². The standard InChI is InChI=1S/C19H22N2/c1-14-8-10-18(11-9-14)20-13-16(3)17(4)21-19-7-5-6-15(2)12-19/h5-13,21H,1-4H3/b17-16+,20-13?. The molecule has 0 saturated carbocycles. The summed E-state index contributed by atoms with van der Waals surface area (Å²) >= 11 is 0. The summed E-state index contributed by atoms with van der Waals surface area (Å²) in [6.07, 6.45) is 1.91. The van der Waals surface area contributed by atoms with Crippen LogP contribution in [0.3, 0.4) is 0 Å². The number of hydrogen-bond acceptors (Lipinski definition) is 2. The Morgan fingerprint density at radius 3 is 2.33 bits per heavy atom. The molecule has 2 heteroatoms. The van der Waals surface area contributed by atoms with Crippen molar-refractivity contribution in [1.82, 2.24) is 0 Å². The lowest BCUT2D eigenvalue weighted by Gasteiger charge is -2.09. The van der Waals surface area contributed by atoms with Gasteiger partial charge in [-0.15, -0.1) is 0 Å². The summed E-state index contributed by atoms with van der Waals surface area (Å²) in [6, 6.07) is 16.6. The van der Waals surface area contributed by atoms with E-state index in [0.717, 1.165) is 22.6 Å². The zero-order valence-corrected chi connectivity index (χ0v) is 13.1. The number of benzene rings is 2. The first-order chi connectivity index (χ1) is 10.0. The average molecular weight is 278 g/mol. The molecule has 0 atom stereocenters. The summed E-state index contributed by atoms with van der Waals surface area (Å²) in [5.74, 6) is 0. The third-order valence-corrected chi connectivity index (χ3v) is 3.38. The molecule has 21 heavy (non-hydrogen) atoms. The average Bonchev–Trinajstić information content (AvgIpc) is 2.46. The van der Waals surface area contributed by atoms with Crippen molar-refractivity contribution in [1.29, 1.82) is 0 Å². The van der Waals surface area contributed by atoms with E-state index in [1.807, 2.05) is 18.3 Å². The Morgan fingerprint density at radius 1 is 0.952 bits per heavy atom. The maximum atomic E-state index is 4.50. The van der Waals surface area contributed by atoms with Gasteiger partial charge in [0.1, 0.15) is 0 Å². The van der Waals surface area contributed by atoms with Crippen molar-refractivity contribution in [3.05, 3.63) is 70.9 Å². The zero-order valence-electron chi connectivity index (χ0n) is 13.1. The minimum absolute atomic E-state index is 0.975. The Morgan fingerprint density at radius 2 is 1.67 bits per heavy atom. The van der Waals surface area contributed by atoms with E-state index in [1.54, 1.807) is 0 Å². The molecule has 108 valence electrons. The molecule has 0 radical (unpaired) electrons. The monoisotopic (exact) mass is 278 g/mol. The second-order valence-corrected chi connectivity index (χ2v) is 5.40. The highest BCUT2D eigenvalue weighted by atomic mass is 14.9. The molecule has 0 amide bonds. The highest BCUT2D eigenvalue weighted by Crippen LogP contribution is 2.15. The lowest BCUT2D eigenvalue weighted by molar-refractivity contribution is 1.31. The van der Waals surface area contributed by atoms with Crippen LogP contribution >= 0.6 is 0 Å². The van der Waals surface area contributed by atoms with Crippen molar-refractivity contribution in [2.75, 3.05) is 5.32 Å². The number of allylic oxidation sites excluding steroid dienone is 2. The number of nitrogens with zero attached hydrogens (tertiary/aromatic N) is 1. The van der Waals surface area contributed by atoms with Crippen molar-refractivity contribution < 1.29 is 0 Å². The van der Waals surface area contributed by atoms with E-state index in [9.17, 15) is 0 Å². The van der Waals surface area contributed by atoms with Gasteiger partial charge in [0.2, 0.25) is 0 Å². The van der Waals surface area contributed by atoms with E-state index in [-0.39, 0.29) is 0 Å². The van der Waals surface area contributed by atoms with Crippen LogP contribution in [0, 0.1) is 13.8 Å². The fourth-order valence-electron chi connectivity index (χ4n) is 1.94. The Balaban J connectivity index is 2.09. The van der Waals surface area contributed by atoms with E-state index < -0.39 is 0 Å². The maximum absolute atomic E-state index is 4.50. The summed E-state index contributed by atoms with van der Waals surface area (Å²) in [7, 11) is 0. The van der Waals surface area contributed by atoms with Crippen molar-refractivity contribution >= 4 is 17.6 Å². The molecule has 1 N–H and O–H groups in total. The molecule has 0 aromatic heterocycles. The Labute approximate surface area is 127 Å². The number of aliphatic imine (C=N–C) groups is 1. The van der Waals surface area contributed by atoms with Crippen LogP contribution in [0.5, 0.6) is 0 Å². The molecule has 0 bridgehead atoms. The van der Waals surface area contributed by atoms with E-state index in [2.05, 4.69) is 74.4 Å². The van der Waals surface area contributed by atoms with E-state index in [0.29, 0.717) is 0 Å². The molecular formula is C19H22N2. The number of rotatable bonds is 4. The van der Waals surface area contributed by atoms with Crippen LogP contribution in [0.25, 0.3) is 0 Å². The molecule has 0 saturated heterocycles. The summed E-state index contributed by atoms with van der Waals surface area (Å²) in [4.78, 5) is 4.50. The summed E-state index contributed by atoms with van der Waals surface area (Å²) in [5, 5.41) is 3.42. The molecule has 2 rings (SSSR count). The number of nitrogens with one attached hydrogen (secondary N) is 1. The van der Waals surface area contributed by atoms with E-state index in [4.69, 9.17) is 0 Å². The third kappa shape index (κ3) is 4.60. The minimum atomic E-state index is 0.975. The molecule has 0 aliphatic heterocycles. The number of aryl methyl sites for hydroxylation is 2. The van der Waals surface area contributed by atoms with Gasteiger partial charge in [-0.2, -0.15) is 0 Å². The first-order valence-electron chi connectivity index (χ1n) is 7.16. The SMILES string of the molecule is C/C(C=Nc1ccc(C)cc1)=C(/C)Nc1cccc(C)c1. The fourth-order valence-corrected chi connectivity index (χ4v) is 1.94. The summed E-state index contributed by atoms with van der Waals surface area (Å²) in [6.45, 7) is 8.30. The van der Waals surface area contributed by atoms with Crippen molar-refractivity contribution in [2.24, 2.45) is 4.99 Å². The second kappa shape index (κ2) is 6.89. The van der Waals surface area contributed by atoms with Crippen LogP contribution in [0.1, 0.15) is 25.0 Å². The van der Waals surface area contributed by atoms with Gasteiger partial charge in [-0.25, -0.2) is 0 Å². The predicted octanol–water partition coefficient (Wildman–Crippen LogP) is 5.41. The topological polar surface area (TPSA) is 24.4 Å². The van der Waals surface area contributed by atoms with Gasteiger partial charge in [0.15, 0.2) is 0 Å². The largest absolute Gasteiger partial charge is 0.359 e. The summed E-state index contributed by atoms with van der Waals surface area (Å²) < 4.78 is 0. The van der Waals surface area contributed by atoms with Crippen LogP contribution < -0.4 is 5.32 Å². The third-order valence-electron chi connectivity index (χ3n) is 3.38. The molecule has 0 heterocycles. The molecule has 0 aliphatic rings. The van der Waals surface area contributed by atoms with Crippen molar-refractivity contribution in [3.63, 3.8) is 0 Å². The van der Waals surface area contributed by atoms with Gasteiger partial charge in [-0.1, -0.05) is 29.8 Å². The predicted molar refractivity (Wildman–Crippen MR) is 92.5 cm³/mol. The molecule has 0 aliphatic carbocycles. The van der Waals surface area contributed by atoms with Crippen LogP contribution in [-0.4, -0.2) is 6.21 Å². The van der Waals surface area contributed by atoms with Crippen LogP contribution in [0.15, 0.2) is 64.8 Å². The van der Waals surface area contributed by atoms with Gasteiger partial charge in [0.25, 0.3) is 0 Å². The summed E-state index contributed by atoms with van der Waals surface area (Å²) in [5.41, 5.74) is 6.81. The van der Waals surface area contributed by atoms with E-state index in [1.165, 1.54) is 11.1 Å². The van der Waals surface area contributed by atoms with Gasteiger partial charge < -0.3 is 5.32 Å². The smallest absolute Gasteiger partial charge is 0.0629 e. The number of anilines is 1. The maximum Gasteiger partial charge on any atom is 0.0629 e. The van der Waals surface area contributed by atoms with Crippen molar-refractivity contribution in [3.8, 4) is 0 Å². The Hall–Kier alpha value is -2.35. The fraction of sp³-hybridized carbons (Fsp3) is 0.211. The second-order valence-electron chi connectivity index (χ2n) is 5.40. The molecule has 2 aromatic rings. The van der Waals surface area contributed by atoms with Crippen LogP contribution in [0.2, 0.25) is 0 Å². The quantitative estimate of drug-likeness (QED) is 0.743. The number of hydrogen-bond donors (Lipinski definition) is 1. The Kier molecular flexibility index (Phi) is 4.94. The van der Waals surface area contributed by atoms with Gasteiger partial charge >= 0.3 is 0 Å². The lowest BCUT2D eigenvalue weighted by Crippen LogP contribution is -1.99. The van der Waals surface area contributed by atoms with Gasteiger partial charge in [-0.05, 0) is 63.1 Å². The highest BCUT2D eigenvalue weighted by Gasteiger charge is 1.97. The molecule has 2 nitrogen and oxygen atoms in total. The molecule has 0 fully saturated rings. The first-order valence-corrected chi connectivity index (χ1v) is 7.16. The van der Waals surface area contributed by atoms with Gasteiger partial charge in [0, 0.05) is 17.6 Å². The zero-order chi connectivity index (χ0) is 15.2. The molecular weight excluding hydrogens is 256 g/mol. The molecule has 0 unspecified atom stereocenters. The van der Waals surface area contributed by atoms with Crippen molar-refractivity contribution in [2.45, 2.75) is 27.7 Å². The van der Waals surface area contributed by atoms with E-state index >= 15 is 0 Å². The van der Waals surface area contributed by atoms with Crippen LogP contribution in [0.4, 0.5) is 11.4 Å². The first kappa shape index (κ1) is 15.0. The van der Waals surface area contributed by atoms with Gasteiger partial charge in [-0.3, -0.25) is 4.99 Å².